The summed E-state index contributed by atoms with van der Waals surface area (Å²) in [7, 11) is 1.66. The van der Waals surface area contributed by atoms with E-state index < -0.39 is 6.43 Å². The molecule has 0 bridgehead atoms. The standard InChI is InChI=1S/C24H26F2N2O3/c1-29-20-7-8-22-21(12-20)17(10-11-27-22)6-9-23-30-14-19(15-31-23)28-13-16-2-4-18(5-3-16)24(25)26/h2-5,7-8,10-12,19,23-24,28H,6,9,13-15H2,1H3/t19-,23-. The maximum absolute atomic E-state index is 12.6. The van der Waals surface area contributed by atoms with E-state index in [2.05, 4.69) is 10.3 Å². The van der Waals surface area contributed by atoms with Crippen LogP contribution in [-0.4, -0.2) is 37.6 Å². The highest BCUT2D eigenvalue weighted by Gasteiger charge is 2.22. The summed E-state index contributed by atoms with van der Waals surface area (Å²) >= 11 is 0. The fourth-order valence-corrected chi connectivity index (χ4v) is 3.67. The number of benzene rings is 2. The number of hydrogen-bond donors (Lipinski definition) is 1. The molecule has 164 valence electrons. The predicted octanol–water partition coefficient (Wildman–Crippen LogP) is 4.64. The number of rotatable bonds is 8. The summed E-state index contributed by atoms with van der Waals surface area (Å²) in [6.07, 6.45) is 0.688. The van der Waals surface area contributed by atoms with Gasteiger partial charge in [0.25, 0.3) is 6.43 Å². The maximum Gasteiger partial charge on any atom is 0.263 e. The molecule has 1 aliphatic rings. The molecule has 5 nitrogen and oxygen atoms in total. The van der Waals surface area contributed by atoms with Crippen molar-refractivity contribution >= 4 is 10.9 Å². The van der Waals surface area contributed by atoms with E-state index in [-0.39, 0.29) is 17.9 Å². The molecule has 2 aromatic carbocycles. The van der Waals surface area contributed by atoms with Crippen LogP contribution in [-0.2, 0) is 22.4 Å². The van der Waals surface area contributed by atoms with E-state index in [1.54, 1.807) is 19.2 Å². The quantitative estimate of drug-likeness (QED) is 0.566. The second-order valence-corrected chi connectivity index (χ2v) is 7.61. The zero-order valence-corrected chi connectivity index (χ0v) is 17.4. The van der Waals surface area contributed by atoms with E-state index in [1.165, 1.54) is 17.7 Å². The molecule has 4 rings (SSSR count). The van der Waals surface area contributed by atoms with Gasteiger partial charge in [-0.1, -0.05) is 24.3 Å². The highest BCUT2D eigenvalue weighted by Crippen LogP contribution is 2.24. The summed E-state index contributed by atoms with van der Waals surface area (Å²) in [5.41, 5.74) is 3.11. The number of fused-ring (bicyclic) bond motifs is 1. The molecule has 0 atom stereocenters. The lowest BCUT2D eigenvalue weighted by molar-refractivity contribution is -0.192. The number of aromatic nitrogens is 1. The van der Waals surface area contributed by atoms with Crippen LogP contribution >= 0.6 is 0 Å². The number of ether oxygens (including phenoxy) is 3. The Balaban J connectivity index is 1.25. The topological polar surface area (TPSA) is 52.6 Å². The van der Waals surface area contributed by atoms with Crippen LogP contribution in [0.15, 0.2) is 54.7 Å². The average Bonchev–Trinajstić information content (AvgIpc) is 2.82. The van der Waals surface area contributed by atoms with Crippen LogP contribution in [0.4, 0.5) is 8.78 Å². The monoisotopic (exact) mass is 428 g/mol. The lowest BCUT2D eigenvalue weighted by atomic mass is 10.0. The van der Waals surface area contributed by atoms with Gasteiger partial charge in [0.2, 0.25) is 0 Å². The Kier molecular flexibility index (Phi) is 7.06. The molecule has 1 aromatic heterocycles. The molecule has 3 aromatic rings. The molecule has 0 unspecified atom stereocenters. The molecule has 1 fully saturated rings. The minimum absolute atomic E-state index is 0.0383. The molecule has 0 saturated carbocycles. The van der Waals surface area contributed by atoms with Gasteiger partial charge in [-0.3, -0.25) is 4.98 Å². The summed E-state index contributed by atoms with van der Waals surface area (Å²) in [6.45, 7) is 1.67. The molecule has 7 heteroatoms. The number of methoxy groups -OCH3 is 1. The average molecular weight is 428 g/mol. The van der Waals surface area contributed by atoms with E-state index >= 15 is 0 Å². The Morgan fingerprint density at radius 3 is 2.58 bits per heavy atom. The third-order valence-electron chi connectivity index (χ3n) is 5.48. The van der Waals surface area contributed by atoms with Crippen molar-refractivity contribution in [2.75, 3.05) is 20.3 Å². The van der Waals surface area contributed by atoms with Crippen LogP contribution in [0.25, 0.3) is 10.9 Å². The summed E-state index contributed by atoms with van der Waals surface area (Å²) in [5.74, 6) is 0.810. The van der Waals surface area contributed by atoms with Crippen LogP contribution in [0.1, 0.15) is 29.5 Å². The van der Waals surface area contributed by atoms with Crippen molar-refractivity contribution in [3.63, 3.8) is 0 Å². The molecule has 0 aliphatic carbocycles. The summed E-state index contributed by atoms with van der Waals surface area (Å²) in [4.78, 5) is 4.42. The van der Waals surface area contributed by atoms with Crippen molar-refractivity contribution in [3.05, 3.63) is 71.4 Å². The van der Waals surface area contributed by atoms with Crippen molar-refractivity contribution < 1.29 is 23.0 Å². The fourth-order valence-electron chi connectivity index (χ4n) is 3.67. The second kappa shape index (κ2) is 10.1. The Labute approximate surface area is 180 Å². The van der Waals surface area contributed by atoms with Gasteiger partial charge in [0.05, 0.1) is 31.9 Å². The summed E-state index contributed by atoms with van der Waals surface area (Å²) in [6, 6.07) is 14.3. The first-order chi connectivity index (χ1) is 15.1. The summed E-state index contributed by atoms with van der Waals surface area (Å²) < 4.78 is 42.4. The Morgan fingerprint density at radius 1 is 1.10 bits per heavy atom. The molecule has 0 radical (unpaired) electrons. The van der Waals surface area contributed by atoms with Crippen molar-refractivity contribution in [2.45, 2.75) is 38.1 Å². The number of nitrogens with one attached hydrogen (secondary N) is 1. The first kappa shape index (κ1) is 21.6. The van der Waals surface area contributed by atoms with Crippen molar-refractivity contribution in [1.29, 1.82) is 0 Å². The van der Waals surface area contributed by atoms with Gasteiger partial charge in [-0.25, -0.2) is 8.78 Å². The van der Waals surface area contributed by atoms with E-state index in [0.29, 0.717) is 19.8 Å². The van der Waals surface area contributed by atoms with Gasteiger partial charge in [0.15, 0.2) is 6.29 Å². The lowest BCUT2D eigenvalue weighted by Crippen LogP contribution is -2.44. The first-order valence-electron chi connectivity index (χ1n) is 10.4. The molecule has 1 aliphatic heterocycles. The van der Waals surface area contributed by atoms with Crippen LogP contribution in [0.2, 0.25) is 0 Å². The smallest absolute Gasteiger partial charge is 0.263 e. The normalized spacial score (nSPS) is 19.1. The summed E-state index contributed by atoms with van der Waals surface area (Å²) in [5, 5.41) is 4.44. The van der Waals surface area contributed by atoms with E-state index in [0.717, 1.165) is 35.1 Å². The minimum Gasteiger partial charge on any atom is -0.497 e. The highest BCUT2D eigenvalue weighted by molar-refractivity contribution is 5.83. The van der Waals surface area contributed by atoms with Gasteiger partial charge in [-0.05, 0) is 41.8 Å². The molecule has 2 heterocycles. The third kappa shape index (κ3) is 5.55. The van der Waals surface area contributed by atoms with Crippen LogP contribution in [0.3, 0.4) is 0 Å². The molecular formula is C24H26F2N2O3. The minimum atomic E-state index is -2.44. The van der Waals surface area contributed by atoms with Gasteiger partial charge < -0.3 is 19.5 Å². The van der Waals surface area contributed by atoms with E-state index in [9.17, 15) is 8.78 Å². The van der Waals surface area contributed by atoms with Crippen molar-refractivity contribution in [3.8, 4) is 5.75 Å². The molecular weight excluding hydrogens is 402 g/mol. The van der Waals surface area contributed by atoms with Gasteiger partial charge in [-0.15, -0.1) is 0 Å². The number of nitrogens with zero attached hydrogens (tertiary/aromatic N) is 1. The van der Waals surface area contributed by atoms with Crippen LogP contribution in [0.5, 0.6) is 5.75 Å². The number of aryl methyl sites for hydroxylation is 1. The zero-order chi connectivity index (χ0) is 21.6. The third-order valence-corrected chi connectivity index (χ3v) is 5.48. The second-order valence-electron chi connectivity index (χ2n) is 7.61. The van der Waals surface area contributed by atoms with E-state index in [1.807, 2.05) is 30.5 Å². The maximum atomic E-state index is 12.6. The fraction of sp³-hybridized carbons (Fsp3) is 0.375. The van der Waals surface area contributed by atoms with Gasteiger partial charge in [0, 0.05) is 30.1 Å². The Bertz CT molecular complexity index is 990. The number of alkyl halides is 2. The lowest BCUT2D eigenvalue weighted by Gasteiger charge is -2.30. The molecule has 1 N–H and O–H groups in total. The predicted molar refractivity (Wildman–Crippen MR) is 114 cm³/mol. The van der Waals surface area contributed by atoms with Gasteiger partial charge >= 0.3 is 0 Å². The number of halogens is 2. The Morgan fingerprint density at radius 2 is 1.87 bits per heavy atom. The van der Waals surface area contributed by atoms with Crippen molar-refractivity contribution in [1.82, 2.24) is 10.3 Å². The number of pyridine rings is 1. The Hall–Kier alpha value is -2.61. The largest absolute Gasteiger partial charge is 0.497 e. The van der Waals surface area contributed by atoms with Crippen LogP contribution in [0, 0.1) is 0 Å². The molecule has 0 amide bonds. The SMILES string of the molecule is COc1ccc2nccc(CC[C@H]3OC[C@H](NCc4ccc(C(F)F)cc4)CO3)c2c1. The highest BCUT2D eigenvalue weighted by atomic mass is 19.3. The van der Waals surface area contributed by atoms with Crippen molar-refractivity contribution in [2.24, 2.45) is 0 Å². The van der Waals surface area contributed by atoms with E-state index in [4.69, 9.17) is 14.2 Å². The molecule has 0 spiro atoms. The number of hydrogen-bond acceptors (Lipinski definition) is 5. The zero-order valence-electron chi connectivity index (χ0n) is 17.4. The van der Waals surface area contributed by atoms with Gasteiger partial charge in [-0.2, -0.15) is 0 Å². The first-order valence-corrected chi connectivity index (χ1v) is 10.4. The van der Waals surface area contributed by atoms with Crippen LogP contribution < -0.4 is 10.1 Å². The molecule has 1 saturated heterocycles. The van der Waals surface area contributed by atoms with Gasteiger partial charge in [0.1, 0.15) is 5.75 Å². The molecule has 31 heavy (non-hydrogen) atoms.